The molecule has 3 aliphatic rings. The molecule has 1 atom stereocenters. The zero-order valence-corrected chi connectivity index (χ0v) is 18.9. The Morgan fingerprint density at radius 1 is 1.25 bits per heavy atom. The number of aliphatic imine (C=N–C) groups is 1. The van der Waals surface area contributed by atoms with E-state index < -0.39 is 23.6 Å². The summed E-state index contributed by atoms with van der Waals surface area (Å²) in [4.78, 5) is 31.5. The second-order valence-corrected chi connectivity index (χ2v) is 9.63. The number of carbonyl (C=O) groups is 2. The van der Waals surface area contributed by atoms with E-state index in [9.17, 15) is 9.59 Å². The Balaban J connectivity index is 1.68. The molecule has 1 aromatic rings. The average Bonchev–Trinajstić information content (AvgIpc) is 2.79. The summed E-state index contributed by atoms with van der Waals surface area (Å²) in [7, 11) is 0. The largest absolute Gasteiger partial charge is 0.444 e. The van der Waals surface area contributed by atoms with Crippen molar-refractivity contribution < 1.29 is 14.3 Å². The number of hydrogen-bond acceptors (Lipinski definition) is 6. The first-order valence-electron chi connectivity index (χ1n) is 11.2. The Bertz CT molecular complexity index is 999. The van der Waals surface area contributed by atoms with Gasteiger partial charge in [-0.3, -0.25) is 20.1 Å². The van der Waals surface area contributed by atoms with Gasteiger partial charge in [0.05, 0.1) is 23.1 Å². The van der Waals surface area contributed by atoms with Gasteiger partial charge in [0.25, 0.3) is 5.91 Å². The molecule has 8 nitrogen and oxygen atoms in total. The highest BCUT2D eigenvalue weighted by Crippen LogP contribution is 2.37. The lowest BCUT2D eigenvalue weighted by atomic mass is 9.80. The van der Waals surface area contributed by atoms with Gasteiger partial charge in [0.2, 0.25) is 0 Å². The van der Waals surface area contributed by atoms with Crippen LogP contribution in [0.4, 0.5) is 10.5 Å². The first kappa shape index (κ1) is 22.0. The molecule has 1 aliphatic carbocycles. The van der Waals surface area contributed by atoms with Crippen LogP contribution >= 0.6 is 0 Å². The van der Waals surface area contributed by atoms with Crippen molar-refractivity contribution in [2.45, 2.75) is 64.0 Å². The molecule has 8 heteroatoms. The molecule has 4 N–H and O–H groups in total. The number of nitrogens with zero attached hydrogens (tertiary/aromatic N) is 2. The number of ether oxygens (including phenoxy) is 1. The summed E-state index contributed by atoms with van der Waals surface area (Å²) in [5.74, 6) is 0.0914. The molecule has 0 aromatic heterocycles. The zero-order chi connectivity index (χ0) is 23.0. The van der Waals surface area contributed by atoms with Crippen molar-refractivity contribution in [2.75, 3.05) is 13.1 Å². The molecule has 1 aromatic carbocycles. The number of amides is 2. The number of likely N-dealkylation sites (tertiary alicyclic amines) is 1. The highest BCUT2D eigenvalue weighted by molar-refractivity contribution is 6.45. The number of benzene rings is 1. The Morgan fingerprint density at radius 2 is 1.94 bits per heavy atom. The van der Waals surface area contributed by atoms with Gasteiger partial charge < -0.3 is 15.8 Å². The van der Waals surface area contributed by atoms with Crippen molar-refractivity contribution in [2.24, 2.45) is 10.7 Å². The van der Waals surface area contributed by atoms with Crippen LogP contribution in [0.25, 0.3) is 0 Å². The predicted octanol–water partition coefficient (Wildman–Crippen LogP) is 3.40. The number of fused-ring (bicyclic) bond motifs is 1. The number of hydrogen-bond donors (Lipinski definition) is 3. The van der Waals surface area contributed by atoms with Crippen LogP contribution in [0.2, 0.25) is 0 Å². The van der Waals surface area contributed by atoms with E-state index in [0.717, 1.165) is 5.69 Å². The third kappa shape index (κ3) is 4.40. The molecule has 2 aliphatic heterocycles. The first-order chi connectivity index (χ1) is 15.1. The number of rotatable bonds is 2. The average molecular weight is 438 g/mol. The van der Waals surface area contributed by atoms with Gasteiger partial charge in [-0.05, 0) is 57.2 Å². The van der Waals surface area contributed by atoms with Crippen LogP contribution in [0.1, 0.15) is 57.9 Å². The summed E-state index contributed by atoms with van der Waals surface area (Å²) in [5, 5.41) is 10.9. The third-order valence-corrected chi connectivity index (χ3v) is 6.21. The summed E-state index contributed by atoms with van der Waals surface area (Å²) in [5.41, 5.74) is 8.77. The van der Waals surface area contributed by atoms with E-state index in [1.165, 1.54) is 24.8 Å². The van der Waals surface area contributed by atoms with Gasteiger partial charge in [-0.1, -0.05) is 18.6 Å². The monoisotopic (exact) mass is 437 g/mol. The molecule has 2 heterocycles. The predicted molar refractivity (Wildman–Crippen MR) is 123 cm³/mol. The highest BCUT2D eigenvalue weighted by atomic mass is 16.6. The first-order valence-corrected chi connectivity index (χ1v) is 11.2. The highest BCUT2D eigenvalue weighted by Gasteiger charge is 2.40. The van der Waals surface area contributed by atoms with Gasteiger partial charge in [-0.25, -0.2) is 4.79 Å². The molecule has 2 amide bonds. The van der Waals surface area contributed by atoms with E-state index in [0.29, 0.717) is 30.2 Å². The van der Waals surface area contributed by atoms with Crippen molar-refractivity contribution in [3.8, 4) is 0 Å². The van der Waals surface area contributed by atoms with Gasteiger partial charge in [0, 0.05) is 25.1 Å². The van der Waals surface area contributed by atoms with E-state index in [1.807, 2.05) is 32.9 Å². The fraction of sp³-hybridized carbons (Fsp3) is 0.500. The molecule has 4 rings (SSSR count). The van der Waals surface area contributed by atoms with Crippen molar-refractivity contribution in [1.82, 2.24) is 10.2 Å². The van der Waals surface area contributed by atoms with Crippen LogP contribution in [0.3, 0.4) is 0 Å². The Labute approximate surface area is 188 Å². The third-order valence-electron chi connectivity index (χ3n) is 6.21. The summed E-state index contributed by atoms with van der Waals surface area (Å²) in [6.07, 6.45) is 3.75. The van der Waals surface area contributed by atoms with Crippen LogP contribution in [0.15, 0.2) is 40.5 Å². The molecule has 1 unspecified atom stereocenters. The maximum atomic E-state index is 12.9. The van der Waals surface area contributed by atoms with Crippen molar-refractivity contribution >= 4 is 29.1 Å². The summed E-state index contributed by atoms with van der Waals surface area (Å²) < 4.78 is 5.58. The van der Waals surface area contributed by atoms with Crippen molar-refractivity contribution in [3.63, 3.8) is 0 Å². The molecular weight excluding hydrogens is 406 g/mol. The van der Waals surface area contributed by atoms with E-state index in [4.69, 9.17) is 20.9 Å². The molecule has 2 fully saturated rings. The lowest BCUT2D eigenvalue weighted by molar-refractivity contribution is -0.114. The van der Waals surface area contributed by atoms with Crippen LogP contribution in [-0.4, -0.2) is 53.1 Å². The van der Waals surface area contributed by atoms with E-state index in [-0.39, 0.29) is 18.0 Å². The number of nitrogens with one attached hydrogen (secondary N) is 2. The number of nitrogens with two attached hydrogens (primary N) is 1. The Hall–Kier alpha value is -3.16. The van der Waals surface area contributed by atoms with Crippen LogP contribution in [-0.2, 0) is 9.53 Å². The van der Waals surface area contributed by atoms with Gasteiger partial charge in [-0.15, -0.1) is 0 Å². The van der Waals surface area contributed by atoms with Gasteiger partial charge >= 0.3 is 6.09 Å². The maximum absolute atomic E-state index is 12.9. The summed E-state index contributed by atoms with van der Waals surface area (Å²) in [6.45, 7) is 5.97. The SMILES string of the molecule is CC(C)(C)OC(=O)N1CCC(=Nc2ccc(C3CCC3)cc2)C2=C(N)C(=N)C(=O)NCC21. The topological polar surface area (TPSA) is 121 Å². The molecule has 0 spiro atoms. The minimum atomic E-state index is -0.649. The molecule has 0 bridgehead atoms. The van der Waals surface area contributed by atoms with E-state index in [1.54, 1.807) is 4.90 Å². The summed E-state index contributed by atoms with van der Waals surface area (Å²) >= 11 is 0. The van der Waals surface area contributed by atoms with Gasteiger partial charge in [0.15, 0.2) is 0 Å². The minimum absolute atomic E-state index is 0.0584. The zero-order valence-electron chi connectivity index (χ0n) is 18.9. The standard InChI is InChI=1S/C24H31N5O3/c1-24(2,3)32-23(31)29-12-11-17(19-18(29)13-27-22(30)21(26)20(19)25)28-16-9-7-15(8-10-16)14-5-4-6-14/h7-10,14,18,26H,4-6,11-13,25H2,1-3H3,(H,27,30). The molecule has 1 saturated heterocycles. The second-order valence-electron chi connectivity index (χ2n) is 9.63. The fourth-order valence-electron chi connectivity index (χ4n) is 4.32. The van der Waals surface area contributed by atoms with Crippen molar-refractivity contribution in [1.29, 1.82) is 5.41 Å². The second kappa shape index (κ2) is 8.41. The quantitative estimate of drug-likeness (QED) is 0.656. The molecule has 170 valence electrons. The van der Waals surface area contributed by atoms with Crippen molar-refractivity contribution in [3.05, 3.63) is 41.1 Å². The lowest BCUT2D eigenvalue weighted by Crippen LogP contribution is -2.53. The molecular formula is C24H31N5O3. The molecule has 32 heavy (non-hydrogen) atoms. The normalized spacial score (nSPS) is 23.4. The number of piperidine rings is 1. The Morgan fingerprint density at radius 3 is 2.53 bits per heavy atom. The Kier molecular flexibility index (Phi) is 5.79. The summed E-state index contributed by atoms with van der Waals surface area (Å²) in [6, 6.07) is 7.69. The van der Waals surface area contributed by atoms with E-state index in [2.05, 4.69) is 17.4 Å². The van der Waals surface area contributed by atoms with Gasteiger partial charge in [-0.2, -0.15) is 0 Å². The minimum Gasteiger partial charge on any atom is -0.444 e. The molecule has 1 saturated carbocycles. The van der Waals surface area contributed by atoms with Gasteiger partial charge in [0.1, 0.15) is 11.3 Å². The fourth-order valence-corrected chi connectivity index (χ4v) is 4.32. The number of carbonyl (C=O) groups excluding carboxylic acids is 2. The maximum Gasteiger partial charge on any atom is 0.410 e. The lowest BCUT2D eigenvalue weighted by Gasteiger charge is -2.38. The van der Waals surface area contributed by atoms with Crippen LogP contribution in [0.5, 0.6) is 0 Å². The van der Waals surface area contributed by atoms with Crippen LogP contribution < -0.4 is 11.1 Å². The smallest absolute Gasteiger partial charge is 0.410 e. The molecule has 0 radical (unpaired) electrons. The van der Waals surface area contributed by atoms with E-state index >= 15 is 0 Å². The van der Waals surface area contributed by atoms with Crippen LogP contribution in [0, 0.1) is 5.41 Å².